The van der Waals surface area contributed by atoms with Crippen LogP contribution in [0.4, 0.5) is 5.69 Å². The minimum absolute atomic E-state index is 0.0285. The molecule has 1 heterocycles. The van der Waals surface area contributed by atoms with Gasteiger partial charge in [-0.25, -0.2) is 8.42 Å². The maximum absolute atomic E-state index is 13.3. The second-order valence-corrected chi connectivity index (χ2v) is 10.4. The van der Waals surface area contributed by atoms with Crippen molar-refractivity contribution in [3.05, 3.63) is 64.1 Å². The Hall–Kier alpha value is -1.86. The molecule has 0 unspecified atom stereocenters. The summed E-state index contributed by atoms with van der Waals surface area (Å²) in [6, 6.07) is 15.2. The second-order valence-electron chi connectivity index (χ2n) is 7.31. The average molecular weight is 479 g/mol. The molecule has 2 aromatic carbocycles. The van der Waals surface area contributed by atoms with E-state index in [1.54, 1.807) is 11.0 Å². The Balaban J connectivity index is 1.88. The van der Waals surface area contributed by atoms with Crippen molar-refractivity contribution < 1.29 is 13.2 Å². The van der Waals surface area contributed by atoms with Crippen LogP contribution in [0.2, 0.25) is 0 Å². The Morgan fingerprint density at radius 2 is 1.72 bits per heavy atom. The van der Waals surface area contributed by atoms with Gasteiger partial charge in [0.05, 0.1) is 17.1 Å². The number of hydrogen-bond acceptors (Lipinski definition) is 4. The highest BCUT2D eigenvalue weighted by molar-refractivity contribution is 9.10. The first-order chi connectivity index (χ1) is 13.8. The molecule has 1 saturated heterocycles. The van der Waals surface area contributed by atoms with Gasteiger partial charge < -0.3 is 9.80 Å². The number of hydrogen-bond donors (Lipinski definition) is 0. The Labute approximate surface area is 181 Å². The summed E-state index contributed by atoms with van der Waals surface area (Å²) in [5.74, 6) is 0.0198. The summed E-state index contributed by atoms with van der Waals surface area (Å²) >= 11 is 3.45. The molecule has 1 aliphatic rings. The molecule has 0 saturated carbocycles. The van der Waals surface area contributed by atoms with Gasteiger partial charge in [-0.15, -0.1) is 0 Å². The van der Waals surface area contributed by atoms with Crippen LogP contribution in [-0.4, -0.2) is 49.9 Å². The van der Waals surface area contributed by atoms with Gasteiger partial charge in [-0.2, -0.15) is 0 Å². The molecule has 0 N–H and O–H groups in total. The molecule has 29 heavy (non-hydrogen) atoms. The maximum atomic E-state index is 13.3. The lowest BCUT2D eigenvalue weighted by Gasteiger charge is -2.29. The molecule has 156 valence electrons. The number of amides is 1. The third-order valence-electron chi connectivity index (χ3n) is 5.43. The minimum atomic E-state index is -3.10. The lowest BCUT2D eigenvalue weighted by Crippen LogP contribution is -2.40. The highest BCUT2D eigenvalue weighted by atomic mass is 79.9. The smallest absolute Gasteiger partial charge is 0.255 e. The van der Waals surface area contributed by atoms with Gasteiger partial charge in [0, 0.05) is 35.8 Å². The highest BCUT2D eigenvalue weighted by Crippen LogP contribution is 2.26. The van der Waals surface area contributed by atoms with Crippen molar-refractivity contribution in [1.29, 1.82) is 0 Å². The molecule has 0 spiro atoms. The summed E-state index contributed by atoms with van der Waals surface area (Å²) < 4.78 is 24.8. The van der Waals surface area contributed by atoms with E-state index < -0.39 is 9.84 Å². The van der Waals surface area contributed by atoms with E-state index in [0.29, 0.717) is 23.0 Å². The Bertz CT molecular complexity index is 956. The molecule has 5 nitrogen and oxygen atoms in total. The van der Waals surface area contributed by atoms with Crippen molar-refractivity contribution in [2.75, 3.05) is 29.5 Å². The van der Waals surface area contributed by atoms with Gasteiger partial charge >= 0.3 is 0 Å². The van der Waals surface area contributed by atoms with Crippen LogP contribution in [0.1, 0.15) is 36.2 Å². The normalized spacial score (nSPS) is 17.8. The molecule has 0 bridgehead atoms. The van der Waals surface area contributed by atoms with Gasteiger partial charge in [0.15, 0.2) is 9.84 Å². The number of carbonyl (C=O) groups excluding carboxylic acids is 1. The predicted molar refractivity (Wildman–Crippen MR) is 121 cm³/mol. The highest BCUT2D eigenvalue weighted by Gasteiger charge is 2.35. The number of rotatable bonds is 7. The largest absolute Gasteiger partial charge is 0.372 e. The first-order valence-electron chi connectivity index (χ1n) is 9.94. The van der Waals surface area contributed by atoms with E-state index in [9.17, 15) is 13.2 Å². The molecule has 3 rings (SSSR count). The first kappa shape index (κ1) is 21.8. The predicted octanol–water partition coefficient (Wildman–Crippen LogP) is 4.12. The van der Waals surface area contributed by atoms with Crippen LogP contribution in [0.3, 0.4) is 0 Å². The van der Waals surface area contributed by atoms with Gasteiger partial charge in [-0.3, -0.25) is 4.79 Å². The number of halogens is 1. The third kappa shape index (κ3) is 5.20. The second kappa shape index (κ2) is 9.30. The number of carbonyl (C=O) groups is 1. The van der Waals surface area contributed by atoms with Crippen molar-refractivity contribution in [2.24, 2.45) is 0 Å². The zero-order chi connectivity index (χ0) is 21.0. The molecule has 1 amide bonds. The van der Waals surface area contributed by atoms with E-state index in [1.807, 2.05) is 30.3 Å². The van der Waals surface area contributed by atoms with Crippen LogP contribution in [0.25, 0.3) is 0 Å². The Morgan fingerprint density at radius 1 is 1.07 bits per heavy atom. The van der Waals surface area contributed by atoms with Crippen LogP contribution in [0.5, 0.6) is 0 Å². The van der Waals surface area contributed by atoms with Gasteiger partial charge in [0.2, 0.25) is 0 Å². The summed E-state index contributed by atoms with van der Waals surface area (Å²) in [6.45, 7) is 6.50. The van der Waals surface area contributed by atoms with Crippen molar-refractivity contribution in [3.63, 3.8) is 0 Å². The SMILES string of the molecule is CCN(CC)c1ccc(CN(C(=O)c2ccccc2Br)[C@@H]2CCS(=O)(=O)C2)cc1. The van der Waals surface area contributed by atoms with Crippen molar-refractivity contribution in [2.45, 2.75) is 32.9 Å². The van der Waals surface area contributed by atoms with Crippen LogP contribution in [0, 0.1) is 0 Å². The third-order valence-corrected chi connectivity index (χ3v) is 7.87. The monoisotopic (exact) mass is 478 g/mol. The first-order valence-corrected chi connectivity index (χ1v) is 12.6. The minimum Gasteiger partial charge on any atom is -0.372 e. The number of sulfone groups is 1. The van der Waals surface area contributed by atoms with Gasteiger partial charge in [0.1, 0.15) is 0 Å². The standard InChI is InChI=1S/C22H27BrN2O3S/c1-3-24(4-2)18-11-9-17(10-12-18)15-25(19-13-14-29(27,28)16-19)22(26)20-7-5-6-8-21(20)23/h5-12,19H,3-4,13-16H2,1-2H3/t19-/m1/s1. The maximum Gasteiger partial charge on any atom is 0.255 e. The Kier molecular flexibility index (Phi) is 7.01. The molecule has 7 heteroatoms. The zero-order valence-corrected chi connectivity index (χ0v) is 19.2. The lowest BCUT2D eigenvalue weighted by atomic mass is 10.1. The summed E-state index contributed by atoms with van der Waals surface area (Å²) in [6.07, 6.45) is 0.482. The summed E-state index contributed by atoms with van der Waals surface area (Å²) in [4.78, 5) is 17.3. The number of nitrogens with zero attached hydrogens (tertiary/aromatic N) is 2. The van der Waals surface area contributed by atoms with E-state index in [-0.39, 0.29) is 23.5 Å². The number of anilines is 1. The van der Waals surface area contributed by atoms with Gasteiger partial charge in [-0.1, -0.05) is 24.3 Å². The van der Waals surface area contributed by atoms with Crippen LogP contribution >= 0.6 is 15.9 Å². The fourth-order valence-electron chi connectivity index (χ4n) is 3.77. The summed E-state index contributed by atoms with van der Waals surface area (Å²) in [7, 11) is -3.10. The quantitative estimate of drug-likeness (QED) is 0.600. The summed E-state index contributed by atoms with van der Waals surface area (Å²) in [5.41, 5.74) is 2.69. The van der Waals surface area contributed by atoms with Crippen molar-refractivity contribution in [1.82, 2.24) is 4.90 Å². The molecule has 1 atom stereocenters. The van der Waals surface area contributed by atoms with E-state index in [1.165, 1.54) is 0 Å². The lowest BCUT2D eigenvalue weighted by molar-refractivity contribution is 0.0680. The van der Waals surface area contributed by atoms with Crippen molar-refractivity contribution in [3.8, 4) is 0 Å². The van der Waals surface area contributed by atoms with Crippen LogP contribution < -0.4 is 4.90 Å². The zero-order valence-electron chi connectivity index (χ0n) is 16.8. The van der Waals surface area contributed by atoms with Gasteiger partial charge in [0.25, 0.3) is 5.91 Å². The van der Waals surface area contributed by atoms with Gasteiger partial charge in [-0.05, 0) is 66.0 Å². The average Bonchev–Trinajstić information content (AvgIpc) is 3.07. The molecule has 0 radical (unpaired) electrons. The Morgan fingerprint density at radius 3 is 2.28 bits per heavy atom. The van der Waals surface area contributed by atoms with E-state index in [4.69, 9.17) is 0 Å². The molecule has 1 fully saturated rings. The van der Waals surface area contributed by atoms with Crippen LogP contribution in [-0.2, 0) is 16.4 Å². The molecular weight excluding hydrogens is 452 g/mol. The number of benzene rings is 2. The van der Waals surface area contributed by atoms with Crippen LogP contribution in [0.15, 0.2) is 53.0 Å². The van der Waals surface area contributed by atoms with E-state index in [2.05, 4.69) is 46.8 Å². The van der Waals surface area contributed by atoms with Crippen molar-refractivity contribution >= 4 is 37.4 Å². The van der Waals surface area contributed by atoms with E-state index >= 15 is 0 Å². The molecule has 1 aliphatic heterocycles. The molecular formula is C22H27BrN2O3S. The summed E-state index contributed by atoms with van der Waals surface area (Å²) in [5, 5.41) is 0. The van der Waals surface area contributed by atoms with E-state index in [0.717, 1.165) is 24.3 Å². The fraction of sp³-hybridized carbons (Fsp3) is 0.409. The molecule has 2 aromatic rings. The molecule has 0 aliphatic carbocycles. The topological polar surface area (TPSA) is 57.7 Å². The molecule has 0 aromatic heterocycles. The fourth-order valence-corrected chi connectivity index (χ4v) is 5.96.